The molecule has 2 aromatic heterocycles. The van der Waals surface area contributed by atoms with Crippen molar-refractivity contribution in [2.75, 3.05) is 5.73 Å². The number of hydrogen-bond acceptors (Lipinski definition) is 3. The fraction of sp³-hybridized carbons (Fsp3) is 0.0909. The van der Waals surface area contributed by atoms with E-state index in [1.807, 2.05) is 6.07 Å². The maximum Gasteiger partial charge on any atom is 0.141 e. The highest BCUT2D eigenvalue weighted by Crippen LogP contribution is 2.13. The first-order valence-corrected chi connectivity index (χ1v) is 4.54. The van der Waals surface area contributed by atoms with Gasteiger partial charge in [-0.3, -0.25) is 4.98 Å². The van der Waals surface area contributed by atoms with Crippen LogP contribution in [0, 0.1) is 5.82 Å². The van der Waals surface area contributed by atoms with Crippen LogP contribution in [0.25, 0.3) is 0 Å². The second-order valence-corrected chi connectivity index (χ2v) is 3.24. The topological polar surface area (TPSA) is 51.8 Å². The number of anilines is 1. The van der Waals surface area contributed by atoms with Gasteiger partial charge < -0.3 is 5.73 Å². The number of pyridine rings is 2. The van der Waals surface area contributed by atoms with Crippen LogP contribution in [0.2, 0.25) is 0 Å². The molecule has 0 radical (unpaired) electrons. The van der Waals surface area contributed by atoms with Gasteiger partial charge in [0.05, 0.1) is 6.20 Å². The molecule has 0 aliphatic carbocycles. The van der Waals surface area contributed by atoms with Gasteiger partial charge in [0.2, 0.25) is 0 Å². The monoisotopic (exact) mass is 203 g/mol. The normalized spacial score (nSPS) is 10.2. The summed E-state index contributed by atoms with van der Waals surface area (Å²) in [5, 5.41) is 0. The van der Waals surface area contributed by atoms with Crippen molar-refractivity contribution in [3.8, 4) is 0 Å². The van der Waals surface area contributed by atoms with E-state index in [2.05, 4.69) is 9.97 Å². The van der Waals surface area contributed by atoms with E-state index < -0.39 is 0 Å². The van der Waals surface area contributed by atoms with Crippen LogP contribution < -0.4 is 5.73 Å². The van der Waals surface area contributed by atoms with Crippen LogP contribution in [0.15, 0.2) is 36.8 Å². The minimum Gasteiger partial charge on any atom is -0.383 e. The van der Waals surface area contributed by atoms with Crippen LogP contribution >= 0.6 is 0 Å². The molecule has 2 N–H and O–H groups in total. The smallest absolute Gasteiger partial charge is 0.141 e. The van der Waals surface area contributed by atoms with Gasteiger partial charge in [0, 0.05) is 18.8 Å². The van der Waals surface area contributed by atoms with E-state index in [1.165, 1.54) is 12.3 Å². The van der Waals surface area contributed by atoms with Crippen LogP contribution in [0.3, 0.4) is 0 Å². The van der Waals surface area contributed by atoms with Gasteiger partial charge in [-0.1, -0.05) is 6.07 Å². The molecule has 15 heavy (non-hydrogen) atoms. The Morgan fingerprint density at radius 3 is 2.93 bits per heavy atom. The molecule has 0 bridgehead atoms. The largest absolute Gasteiger partial charge is 0.383 e. The number of nitrogens with two attached hydrogens (primary N) is 1. The summed E-state index contributed by atoms with van der Waals surface area (Å²) in [4.78, 5) is 7.74. The fourth-order valence-electron chi connectivity index (χ4n) is 1.37. The molecule has 0 fully saturated rings. The maximum absolute atomic E-state index is 12.9. The molecule has 0 amide bonds. The fourth-order valence-corrected chi connectivity index (χ4v) is 1.37. The Morgan fingerprint density at radius 2 is 2.20 bits per heavy atom. The van der Waals surface area contributed by atoms with E-state index in [4.69, 9.17) is 5.73 Å². The summed E-state index contributed by atoms with van der Waals surface area (Å²) in [6, 6.07) is 5.12. The Kier molecular flexibility index (Phi) is 2.58. The highest BCUT2D eigenvalue weighted by molar-refractivity contribution is 5.41. The van der Waals surface area contributed by atoms with Crippen LogP contribution in [-0.4, -0.2) is 9.97 Å². The summed E-state index contributed by atoms with van der Waals surface area (Å²) in [7, 11) is 0. The summed E-state index contributed by atoms with van der Waals surface area (Å²) >= 11 is 0. The lowest BCUT2D eigenvalue weighted by molar-refractivity contribution is 0.619. The molecule has 0 saturated carbocycles. The summed E-state index contributed by atoms with van der Waals surface area (Å²) in [5.74, 6) is 0.136. The predicted octanol–water partition coefficient (Wildman–Crippen LogP) is 1.79. The molecule has 0 saturated heterocycles. The summed E-state index contributed by atoms with van der Waals surface area (Å²) in [5.41, 5.74) is 7.35. The number of rotatable bonds is 2. The standard InChI is InChI=1S/C11H10FN3/c12-10-5-8(6-14-7-10)4-9-2-1-3-15-11(9)13/h1-3,5-7H,4H2,(H2,13,15). The highest BCUT2D eigenvalue weighted by atomic mass is 19.1. The molecule has 76 valence electrons. The zero-order valence-corrected chi connectivity index (χ0v) is 8.02. The molecule has 2 heterocycles. The van der Waals surface area contributed by atoms with E-state index >= 15 is 0 Å². The van der Waals surface area contributed by atoms with Gasteiger partial charge in [-0.25, -0.2) is 9.37 Å². The zero-order chi connectivity index (χ0) is 10.7. The van der Waals surface area contributed by atoms with E-state index in [9.17, 15) is 4.39 Å². The lowest BCUT2D eigenvalue weighted by atomic mass is 10.1. The van der Waals surface area contributed by atoms with Crippen molar-refractivity contribution in [2.24, 2.45) is 0 Å². The molecule has 0 unspecified atom stereocenters. The van der Waals surface area contributed by atoms with Crippen LogP contribution in [0.5, 0.6) is 0 Å². The van der Waals surface area contributed by atoms with Gasteiger partial charge in [-0.05, 0) is 23.3 Å². The van der Waals surface area contributed by atoms with Gasteiger partial charge in [0.25, 0.3) is 0 Å². The van der Waals surface area contributed by atoms with Crippen LogP contribution in [0.1, 0.15) is 11.1 Å². The van der Waals surface area contributed by atoms with E-state index in [1.54, 1.807) is 18.5 Å². The van der Waals surface area contributed by atoms with Gasteiger partial charge in [-0.2, -0.15) is 0 Å². The minimum atomic E-state index is -0.338. The number of aromatic nitrogens is 2. The Bertz CT molecular complexity index is 471. The van der Waals surface area contributed by atoms with Gasteiger partial charge in [0.1, 0.15) is 11.6 Å². The third-order valence-corrected chi connectivity index (χ3v) is 2.08. The molecule has 0 atom stereocenters. The van der Waals surface area contributed by atoms with Crippen molar-refractivity contribution < 1.29 is 4.39 Å². The quantitative estimate of drug-likeness (QED) is 0.809. The SMILES string of the molecule is Nc1ncccc1Cc1cncc(F)c1. The average molecular weight is 203 g/mol. The van der Waals surface area contributed by atoms with Crippen molar-refractivity contribution in [3.63, 3.8) is 0 Å². The second kappa shape index (κ2) is 4.04. The minimum absolute atomic E-state index is 0.338. The van der Waals surface area contributed by atoms with Gasteiger partial charge in [-0.15, -0.1) is 0 Å². The summed E-state index contributed by atoms with van der Waals surface area (Å²) in [6.45, 7) is 0. The number of hydrogen-bond donors (Lipinski definition) is 1. The zero-order valence-electron chi connectivity index (χ0n) is 8.02. The predicted molar refractivity (Wildman–Crippen MR) is 55.7 cm³/mol. The molecular formula is C11H10FN3. The van der Waals surface area contributed by atoms with E-state index in [0.29, 0.717) is 12.2 Å². The Balaban J connectivity index is 2.26. The summed E-state index contributed by atoms with van der Waals surface area (Å²) in [6.07, 6.45) is 4.97. The van der Waals surface area contributed by atoms with Gasteiger partial charge >= 0.3 is 0 Å². The third-order valence-electron chi connectivity index (χ3n) is 2.08. The lowest BCUT2D eigenvalue weighted by Gasteiger charge is -2.03. The molecule has 4 heteroatoms. The first kappa shape index (κ1) is 9.58. The van der Waals surface area contributed by atoms with Crippen molar-refractivity contribution >= 4 is 5.82 Å². The van der Waals surface area contributed by atoms with Crippen molar-refractivity contribution in [1.29, 1.82) is 0 Å². The first-order valence-electron chi connectivity index (χ1n) is 4.54. The van der Waals surface area contributed by atoms with Crippen molar-refractivity contribution in [3.05, 3.63) is 53.7 Å². The molecule has 2 rings (SSSR count). The molecule has 2 aromatic rings. The number of halogens is 1. The first-order chi connectivity index (χ1) is 7.25. The van der Waals surface area contributed by atoms with Crippen LogP contribution in [0.4, 0.5) is 10.2 Å². The molecule has 3 nitrogen and oxygen atoms in total. The molecule has 0 aliphatic heterocycles. The van der Waals surface area contributed by atoms with E-state index in [-0.39, 0.29) is 5.82 Å². The average Bonchev–Trinajstić information content (AvgIpc) is 2.22. The van der Waals surface area contributed by atoms with E-state index in [0.717, 1.165) is 11.1 Å². The Labute approximate surface area is 86.8 Å². The Hall–Kier alpha value is -1.97. The lowest BCUT2D eigenvalue weighted by Crippen LogP contribution is -1.98. The second-order valence-electron chi connectivity index (χ2n) is 3.24. The molecule has 0 aliphatic rings. The number of nitrogen functional groups attached to an aromatic ring is 1. The van der Waals surface area contributed by atoms with Crippen LogP contribution in [-0.2, 0) is 6.42 Å². The third kappa shape index (κ3) is 2.28. The molecular weight excluding hydrogens is 193 g/mol. The van der Waals surface area contributed by atoms with Crippen molar-refractivity contribution in [1.82, 2.24) is 9.97 Å². The summed E-state index contributed by atoms with van der Waals surface area (Å²) < 4.78 is 12.9. The van der Waals surface area contributed by atoms with Gasteiger partial charge in [0.15, 0.2) is 0 Å². The maximum atomic E-state index is 12.9. The van der Waals surface area contributed by atoms with Crippen molar-refractivity contribution in [2.45, 2.75) is 6.42 Å². The highest BCUT2D eigenvalue weighted by Gasteiger charge is 2.02. The molecule has 0 spiro atoms. The Morgan fingerprint density at radius 1 is 1.33 bits per heavy atom. The molecule has 0 aromatic carbocycles. The number of nitrogens with zero attached hydrogens (tertiary/aromatic N) is 2.